The van der Waals surface area contributed by atoms with Gasteiger partial charge in [-0.15, -0.1) is 0 Å². The van der Waals surface area contributed by atoms with E-state index in [1.54, 1.807) is 19.2 Å². The summed E-state index contributed by atoms with van der Waals surface area (Å²) in [4.78, 5) is 12.2. The van der Waals surface area contributed by atoms with Gasteiger partial charge in [-0.3, -0.25) is 9.10 Å². The van der Waals surface area contributed by atoms with Crippen molar-refractivity contribution in [2.45, 2.75) is 19.8 Å². The van der Waals surface area contributed by atoms with Crippen molar-refractivity contribution in [3.8, 4) is 5.75 Å². The summed E-state index contributed by atoms with van der Waals surface area (Å²) >= 11 is 0. The lowest BCUT2D eigenvalue weighted by atomic mass is 10.1. The molecule has 0 bridgehead atoms. The fourth-order valence-electron chi connectivity index (χ4n) is 2.65. The molecular weight excluding hydrogens is 364 g/mol. The van der Waals surface area contributed by atoms with Gasteiger partial charge in [-0.05, 0) is 49.6 Å². The van der Waals surface area contributed by atoms with Crippen LogP contribution in [-0.2, 0) is 21.2 Å². The van der Waals surface area contributed by atoms with Crippen LogP contribution in [0.25, 0.3) is 0 Å². The first kappa shape index (κ1) is 20.8. The minimum absolute atomic E-state index is 0.235. The van der Waals surface area contributed by atoms with Gasteiger partial charge in [-0.1, -0.05) is 29.8 Å². The maximum absolute atomic E-state index is 12.2. The number of hydrogen-bond donors (Lipinski definition) is 1. The normalized spacial score (nSPS) is 11.1. The van der Waals surface area contributed by atoms with Gasteiger partial charge >= 0.3 is 0 Å². The van der Waals surface area contributed by atoms with E-state index in [0.29, 0.717) is 12.2 Å². The zero-order valence-electron chi connectivity index (χ0n) is 15.9. The number of ether oxygens (including phenoxy) is 1. The molecule has 6 nitrogen and oxygen atoms in total. The monoisotopic (exact) mass is 390 g/mol. The van der Waals surface area contributed by atoms with Gasteiger partial charge in [0.25, 0.3) is 0 Å². The smallest absolute Gasteiger partial charge is 0.240 e. The van der Waals surface area contributed by atoms with Gasteiger partial charge in [0.05, 0.1) is 19.1 Å². The van der Waals surface area contributed by atoms with Crippen molar-refractivity contribution >= 4 is 21.6 Å². The molecule has 2 aromatic carbocycles. The van der Waals surface area contributed by atoms with Crippen molar-refractivity contribution < 1.29 is 17.9 Å². The summed E-state index contributed by atoms with van der Waals surface area (Å²) in [5.74, 6) is 0.477. The van der Waals surface area contributed by atoms with Gasteiger partial charge < -0.3 is 10.1 Å². The highest BCUT2D eigenvalue weighted by atomic mass is 32.2. The summed E-state index contributed by atoms with van der Waals surface area (Å²) in [6.45, 7) is 2.16. The third-order valence-electron chi connectivity index (χ3n) is 4.11. The molecule has 0 saturated carbocycles. The molecule has 1 N–H and O–H groups in total. The van der Waals surface area contributed by atoms with Gasteiger partial charge in [0, 0.05) is 6.54 Å². The van der Waals surface area contributed by atoms with Crippen LogP contribution in [0.3, 0.4) is 0 Å². The molecule has 0 radical (unpaired) electrons. The summed E-state index contributed by atoms with van der Waals surface area (Å²) in [5, 5.41) is 2.79. The highest BCUT2D eigenvalue weighted by molar-refractivity contribution is 7.92. The third kappa shape index (κ3) is 6.60. The third-order valence-corrected chi connectivity index (χ3v) is 5.25. The fraction of sp³-hybridized carbons (Fsp3) is 0.350. The zero-order valence-corrected chi connectivity index (χ0v) is 16.8. The van der Waals surface area contributed by atoms with Gasteiger partial charge in [-0.2, -0.15) is 0 Å². The molecule has 0 spiro atoms. The van der Waals surface area contributed by atoms with E-state index >= 15 is 0 Å². The Morgan fingerprint density at radius 3 is 2.48 bits per heavy atom. The average Bonchev–Trinajstić information content (AvgIpc) is 2.63. The first-order chi connectivity index (χ1) is 12.8. The minimum Gasteiger partial charge on any atom is -0.497 e. The lowest BCUT2D eigenvalue weighted by Gasteiger charge is -2.22. The Kier molecular flexibility index (Phi) is 7.24. The van der Waals surface area contributed by atoms with Crippen LogP contribution in [0.15, 0.2) is 48.5 Å². The van der Waals surface area contributed by atoms with Crippen molar-refractivity contribution in [2.24, 2.45) is 0 Å². The molecule has 2 aromatic rings. The lowest BCUT2D eigenvalue weighted by molar-refractivity contribution is -0.119. The summed E-state index contributed by atoms with van der Waals surface area (Å²) in [7, 11) is -1.92. The average molecular weight is 391 g/mol. The van der Waals surface area contributed by atoms with Crippen LogP contribution < -0.4 is 14.4 Å². The molecule has 0 unspecified atom stereocenters. The molecular formula is C20H26N2O4S. The first-order valence-electron chi connectivity index (χ1n) is 8.73. The van der Waals surface area contributed by atoms with E-state index in [4.69, 9.17) is 4.74 Å². The van der Waals surface area contributed by atoms with E-state index in [1.165, 1.54) is 0 Å². The van der Waals surface area contributed by atoms with Crippen LogP contribution in [-0.4, -0.2) is 40.8 Å². The van der Waals surface area contributed by atoms with E-state index in [1.807, 2.05) is 43.3 Å². The molecule has 0 aliphatic carbocycles. The Labute approximate surface area is 161 Å². The summed E-state index contributed by atoms with van der Waals surface area (Å²) in [5.41, 5.74) is 2.63. The number of amides is 1. The number of aryl methyl sites for hydroxylation is 2. The number of nitrogens with one attached hydrogen (secondary N) is 1. The second-order valence-corrected chi connectivity index (χ2v) is 8.32. The molecule has 1 amide bonds. The Morgan fingerprint density at radius 1 is 1.15 bits per heavy atom. The predicted molar refractivity (Wildman–Crippen MR) is 108 cm³/mol. The second kappa shape index (κ2) is 9.41. The number of rotatable bonds is 9. The van der Waals surface area contributed by atoms with Crippen molar-refractivity contribution in [2.75, 3.05) is 30.8 Å². The summed E-state index contributed by atoms with van der Waals surface area (Å²) in [6, 6.07) is 14.8. The Morgan fingerprint density at radius 2 is 1.85 bits per heavy atom. The largest absolute Gasteiger partial charge is 0.497 e. The SMILES string of the molecule is COc1cccc(CCCNC(=O)CN(c2ccc(C)cc2)S(C)(=O)=O)c1. The number of benzene rings is 2. The first-order valence-corrected chi connectivity index (χ1v) is 10.6. The molecule has 0 aliphatic heterocycles. The lowest BCUT2D eigenvalue weighted by Crippen LogP contribution is -2.40. The molecule has 2 rings (SSSR count). The van der Waals surface area contributed by atoms with E-state index in [2.05, 4.69) is 5.32 Å². The van der Waals surface area contributed by atoms with Gasteiger partial charge in [0.15, 0.2) is 0 Å². The van der Waals surface area contributed by atoms with Crippen LogP contribution in [0, 0.1) is 6.92 Å². The van der Waals surface area contributed by atoms with E-state index < -0.39 is 10.0 Å². The Balaban J connectivity index is 1.87. The highest BCUT2D eigenvalue weighted by Crippen LogP contribution is 2.18. The van der Waals surface area contributed by atoms with Crippen LogP contribution in [0.2, 0.25) is 0 Å². The van der Waals surface area contributed by atoms with Crippen molar-refractivity contribution in [3.63, 3.8) is 0 Å². The zero-order chi connectivity index (χ0) is 19.9. The quantitative estimate of drug-likeness (QED) is 0.668. The standard InChI is InChI=1S/C20H26N2O4S/c1-16-9-11-18(12-10-16)22(27(3,24)25)15-20(23)21-13-5-7-17-6-4-8-19(14-17)26-2/h4,6,8-12,14H,5,7,13,15H2,1-3H3,(H,21,23). The van der Waals surface area contributed by atoms with E-state index in [-0.39, 0.29) is 12.5 Å². The van der Waals surface area contributed by atoms with Crippen LogP contribution in [0.5, 0.6) is 5.75 Å². The van der Waals surface area contributed by atoms with Crippen molar-refractivity contribution in [3.05, 3.63) is 59.7 Å². The predicted octanol–water partition coefficient (Wildman–Crippen LogP) is 2.52. The number of methoxy groups -OCH3 is 1. The molecule has 0 atom stereocenters. The molecule has 27 heavy (non-hydrogen) atoms. The van der Waals surface area contributed by atoms with Crippen LogP contribution in [0.1, 0.15) is 17.5 Å². The topological polar surface area (TPSA) is 75.7 Å². The van der Waals surface area contributed by atoms with Crippen molar-refractivity contribution in [1.29, 1.82) is 0 Å². The van der Waals surface area contributed by atoms with E-state index in [0.717, 1.165) is 40.3 Å². The van der Waals surface area contributed by atoms with Gasteiger partial charge in [0.2, 0.25) is 15.9 Å². The molecule has 0 fully saturated rings. The summed E-state index contributed by atoms with van der Waals surface area (Å²) in [6.07, 6.45) is 2.65. The van der Waals surface area contributed by atoms with Crippen LogP contribution in [0.4, 0.5) is 5.69 Å². The Bertz CT molecular complexity index is 864. The van der Waals surface area contributed by atoms with Gasteiger partial charge in [0.1, 0.15) is 12.3 Å². The molecule has 0 aliphatic rings. The van der Waals surface area contributed by atoms with E-state index in [9.17, 15) is 13.2 Å². The fourth-order valence-corrected chi connectivity index (χ4v) is 3.50. The molecule has 0 heterocycles. The maximum Gasteiger partial charge on any atom is 0.240 e. The van der Waals surface area contributed by atoms with Gasteiger partial charge in [-0.25, -0.2) is 8.42 Å². The summed E-state index contributed by atoms with van der Waals surface area (Å²) < 4.78 is 30.4. The number of anilines is 1. The number of nitrogens with zero attached hydrogens (tertiary/aromatic N) is 1. The number of sulfonamides is 1. The second-order valence-electron chi connectivity index (χ2n) is 6.41. The number of carbonyl (C=O) groups is 1. The maximum atomic E-state index is 12.2. The molecule has 7 heteroatoms. The minimum atomic E-state index is -3.55. The number of carbonyl (C=O) groups excluding carboxylic acids is 1. The number of hydrogen-bond acceptors (Lipinski definition) is 4. The Hall–Kier alpha value is -2.54. The molecule has 0 aromatic heterocycles. The van der Waals surface area contributed by atoms with Crippen molar-refractivity contribution in [1.82, 2.24) is 5.32 Å². The molecule has 146 valence electrons. The molecule has 0 saturated heterocycles. The highest BCUT2D eigenvalue weighted by Gasteiger charge is 2.20. The van der Waals surface area contributed by atoms with Crippen LogP contribution >= 0.6 is 0 Å².